The summed E-state index contributed by atoms with van der Waals surface area (Å²) < 4.78 is 0. The lowest BCUT2D eigenvalue weighted by atomic mass is 10.1. The second kappa shape index (κ2) is 10.6. The predicted octanol–water partition coefficient (Wildman–Crippen LogP) is 3.78. The van der Waals surface area contributed by atoms with Crippen LogP contribution in [0, 0.1) is 0 Å². The van der Waals surface area contributed by atoms with Crippen LogP contribution in [0.1, 0.15) is 17.4 Å². The lowest BCUT2D eigenvalue weighted by Gasteiger charge is -2.04. The van der Waals surface area contributed by atoms with E-state index >= 15 is 0 Å². The van der Waals surface area contributed by atoms with Crippen LogP contribution in [0.25, 0.3) is 0 Å². The van der Waals surface area contributed by atoms with Gasteiger partial charge >= 0.3 is 0 Å². The van der Waals surface area contributed by atoms with Gasteiger partial charge in [-0.05, 0) is 48.7 Å². The maximum absolute atomic E-state index is 5.99. The SMILES string of the molecule is CCNCCc1cccc(N=C(N)c2cccs2)c1.Cl.Cl. The number of benzene rings is 1. The lowest BCUT2D eigenvalue weighted by molar-refractivity contribution is 0.717. The van der Waals surface area contributed by atoms with Gasteiger partial charge in [0, 0.05) is 0 Å². The molecule has 0 spiro atoms. The zero-order valence-corrected chi connectivity index (χ0v) is 14.4. The molecule has 0 amide bonds. The van der Waals surface area contributed by atoms with Gasteiger partial charge in [0.25, 0.3) is 0 Å². The Balaban J connectivity index is 0.00000200. The van der Waals surface area contributed by atoms with Gasteiger partial charge in [-0.3, -0.25) is 0 Å². The van der Waals surface area contributed by atoms with E-state index in [2.05, 4.69) is 29.4 Å². The van der Waals surface area contributed by atoms with Crippen molar-refractivity contribution in [2.24, 2.45) is 10.7 Å². The topological polar surface area (TPSA) is 50.4 Å². The van der Waals surface area contributed by atoms with Crippen LogP contribution in [-0.2, 0) is 6.42 Å². The van der Waals surface area contributed by atoms with E-state index in [1.165, 1.54) is 5.56 Å². The highest BCUT2D eigenvalue weighted by Gasteiger charge is 2.00. The van der Waals surface area contributed by atoms with Crippen molar-refractivity contribution in [3.8, 4) is 0 Å². The molecule has 0 aliphatic rings. The van der Waals surface area contributed by atoms with Crippen LogP contribution < -0.4 is 11.1 Å². The summed E-state index contributed by atoms with van der Waals surface area (Å²) in [6.45, 7) is 4.11. The molecule has 0 radical (unpaired) electrons. The molecule has 116 valence electrons. The van der Waals surface area contributed by atoms with Crippen molar-refractivity contribution >= 4 is 47.7 Å². The summed E-state index contributed by atoms with van der Waals surface area (Å²) in [5.41, 5.74) is 8.19. The Labute approximate surface area is 142 Å². The van der Waals surface area contributed by atoms with Crippen molar-refractivity contribution in [3.63, 3.8) is 0 Å². The van der Waals surface area contributed by atoms with Gasteiger partial charge in [0.1, 0.15) is 5.84 Å². The molecule has 0 saturated carbocycles. The van der Waals surface area contributed by atoms with Crippen molar-refractivity contribution < 1.29 is 0 Å². The molecule has 0 fully saturated rings. The molecule has 2 aromatic rings. The second-order valence-electron chi connectivity index (χ2n) is 4.25. The number of hydrogen-bond acceptors (Lipinski definition) is 3. The second-order valence-corrected chi connectivity index (χ2v) is 5.20. The van der Waals surface area contributed by atoms with E-state index in [4.69, 9.17) is 5.73 Å². The van der Waals surface area contributed by atoms with Gasteiger partial charge in [-0.2, -0.15) is 0 Å². The Morgan fingerprint density at radius 1 is 1.24 bits per heavy atom. The van der Waals surface area contributed by atoms with Crippen LogP contribution in [0.3, 0.4) is 0 Å². The van der Waals surface area contributed by atoms with Crippen LogP contribution in [0.15, 0.2) is 46.8 Å². The number of amidine groups is 1. The molecule has 1 aromatic heterocycles. The van der Waals surface area contributed by atoms with Gasteiger partial charge in [0.2, 0.25) is 0 Å². The minimum Gasteiger partial charge on any atom is -0.383 e. The summed E-state index contributed by atoms with van der Waals surface area (Å²) in [6.07, 6.45) is 1.01. The average Bonchev–Trinajstić information content (AvgIpc) is 2.93. The molecule has 0 bridgehead atoms. The van der Waals surface area contributed by atoms with Gasteiger partial charge in [-0.25, -0.2) is 4.99 Å². The van der Waals surface area contributed by atoms with Gasteiger partial charge in [-0.1, -0.05) is 25.1 Å². The Kier molecular flexibility index (Phi) is 10.1. The number of thiophene rings is 1. The molecule has 0 aliphatic heterocycles. The smallest absolute Gasteiger partial charge is 0.141 e. The summed E-state index contributed by atoms with van der Waals surface area (Å²) >= 11 is 1.61. The highest BCUT2D eigenvalue weighted by molar-refractivity contribution is 7.12. The molecule has 6 heteroatoms. The van der Waals surface area contributed by atoms with Gasteiger partial charge in [0.05, 0.1) is 10.6 Å². The average molecular weight is 346 g/mol. The standard InChI is InChI=1S/C15H19N3S.2ClH/c1-2-17-9-8-12-5-3-6-13(11-12)18-15(16)14-7-4-10-19-14;;/h3-7,10-11,17H,2,8-9H2,1H3,(H2,16,18);2*1H. The van der Waals surface area contributed by atoms with Crippen molar-refractivity contribution in [2.75, 3.05) is 13.1 Å². The first-order valence-electron chi connectivity index (χ1n) is 6.47. The van der Waals surface area contributed by atoms with Crippen LogP contribution in [0.4, 0.5) is 5.69 Å². The zero-order valence-electron chi connectivity index (χ0n) is 11.9. The summed E-state index contributed by atoms with van der Waals surface area (Å²) in [5, 5.41) is 5.33. The fraction of sp³-hybridized carbons (Fsp3) is 0.267. The van der Waals surface area contributed by atoms with E-state index in [0.29, 0.717) is 5.84 Å². The number of rotatable bonds is 6. The monoisotopic (exact) mass is 345 g/mol. The molecule has 1 heterocycles. The Bertz CT molecular complexity index is 542. The van der Waals surface area contributed by atoms with E-state index in [0.717, 1.165) is 30.1 Å². The highest BCUT2D eigenvalue weighted by Crippen LogP contribution is 2.17. The quantitative estimate of drug-likeness (QED) is 0.475. The molecule has 0 aliphatic carbocycles. The molecular formula is C15H21Cl2N3S. The first kappa shape index (κ1) is 19.9. The fourth-order valence-corrected chi connectivity index (χ4v) is 2.44. The summed E-state index contributed by atoms with van der Waals surface area (Å²) in [4.78, 5) is 5.49. The van der Waals surface area contributed by atoms with E-state index in [-0.39, 0.29) is 24.8 Å². The lowest BCUT2D eigenvalue weighted by Crippen LogP contribution is -2.15. The summed E-state index contributed by atoms with van der Waals surface area (Å²) in [6, 6.07) is 12.2. The van der Waals surface area contributed by atoms with Crippen LogP contribution >= 0.6 is 36.2 Å². The third-order valence-corrected chi connectivity index (χ3v) is 3.67. The van der Waals surface area contributed by atoms with Gasteiger partial charge < -0.3 is 11.1 Å². The minimum absolute atomic E-state index is 0. The van der Waals surface area contributed by atoms with E-state index in [1.54, 1.807) is 11.3 Å². The number of hydrogen-bond donors (Lipinski definition) is 2. The molecule has 2 rings (SSSR count). The summed E-state index contributed by atoms with van der Waals surface area (Å²) in [5.74, 6) is 0.582. The Morgan fingerprint density at radius 2 is 2.05 bits per heavy atom. The normalized spacial score (nSPS) is 10.6. The third kappa shape index (κ3) is 6.48. The molecular weight excluding hydrogens is 325 g/mol. The van der Waals surface area contributed by atoms with Crippen molar-refractivity contribution in [1.29, 1.82) is 0 Å². The minimum atomic E-state index is 0. The first-order chi connectivity index (χ1) is 9.29. The number of likely N-dealkylation sites (N-methyl/N-ethyl adjacent to an activating group) is 1. The van der Waals surface area contributed by atoms with Gasteiger partial charge in [0.15, 0.2) is 0 Å². The van der Waals surface area contributed by atoms with Crippen molar-refractivity contribution in [2.45, 2.75) is 13.3 Å². The number of nitrogens with one attached hydrogen (secondary N) is 1. The van der Waals surface area contributed by atoms with E-state index in [9.17, 15) is 0 Å². The molecule has 0 atom stereocenters. The summed E-state index contributed by atoms with van der Waals surface area (Å²) in [7, 11) is 0. The Hall–Kier alpha value is -1.07. The molecule has 0 saturated heterocycles. The maximum atomic E-state index is 5.99. The van der Waals surface area contributed by atoms with E-state index < -0.39 is 0 Å². The number of nitrogens with zero attached hydrogens (tertiary/aromatic N) is 1. The molecule has 0 unspecified atom stereocenters. The van der Waals surface area contributed by atoms with Crippen molar-refractivity contribution in [3.05, 3.63) is 52.2 Å². The number of nitrogens with two attached hydrogens (primary N) is 1. The molecule has 1 aromatic carbocycles. The first-order valence-corrected chi connectivity index (χ1v) is 7.35. The van der Waals surface area contributed by atoms with Crippen LogP contribution in [-0.4, -0.2) is 18.9 Å². The van der Waals surface area contributed by atoms with Crippen molar-refractivity contribution in [1.82, 2.24) is 5.32 Å². The van der Waals surface area contributed by atoms with Crippen LogP contribution in [0.5, 0.6) is 0 Å². The maximum Gasteiger partial charge on any atom is 0.141 e. The largest absolute Gasteiger partial charge is 0.383 e. The van der Waals surface area contributed by atoms with E-state index in [1.807, 2.05) is 29.6 Å². The highest BCUT2D eigenvalue weighted by atomic mass is 35.5. The number of aliphatic imine (C=N–C) groups is 1. The molecule has 3 nitrogen and oxygen atoms in total. The van der Waals surface area contributed by atoms with Gasteiger partial charge in [-0.15, -0.1) is 36.2 Å². The van der Waals surface area contributed by atoms with Crippen LogP contribution in [0.2, 0.25) is 0 Å². The Morgan fingerprint density at radius 3 is 2.71 bits per heavy atom. The predicted molar refractivity (Wildman–Crippen MR) is 97.9 cm³/mol. The molecule has 3 N–H and O–H groups in total. The number of halogens is 2. The third-order valence-electron chi connectivity index (χ3n) is 2.77. The molecule has 21 heavy (non-hydrogen) atoms. The zero-order chi connectivity index (χ0) is 13.5. The fourth-order valence-electron chi connectivity index (χ4n) is 1.81.